The van der Waals surface area contributed by atoms with Gasteiger partial charge < -0.3 is 19.5 Å². The van der Waals surface area contributed by atoms with Gasteiger partial charge in [0.15, 0.2) is 8.32 Å². The van der Waals surface area contributed by atoms with Crippen LogP contribution in [-0.4, -0.2) is 63.1 Å². The van der Waals surface area contributed by atoms with E-state index in [4.69, 9.17) is 4.43 Å². The zero-order valence-electron chi connectivity index (χ0n) is 20.0. The van der Waals surface area contributed by atoms with Crippen LogP contribution in [0.15, 0.2) is 17.1 Å². The monoisotopic (exact) mass is 509 g/mol. The molecule has 0 spiro atoms. The Bertz CT molecular complexity index is 1160. The number of carboxylic acids is 1. The van der Waals surface area contributed by atoms with E-state index in [9.17, 15) is 19.8 Å². The highest BCUT2D eigenvalue weighted by atomic mass is 32.2. The number of thioether (sulfide) groups is 1. The summed E-state index contributed by atoms with van der Waals surface area (Å²) in [6.07, 6.45) is 3.31. The van der Waals surface area contributed by atoms with Crippen LogP contribution in [0.25, 0.3) is 10.4 Å². The molecule has 1 fully saturated rings. The highest BCUT2D eigenvalue weighted by Gasteiger charge is 2.57. The van der Waals surface area contributed by atoms with Gasteiger partial charge in [-0.15, -0.1) is 23.1 Å². The molecule has 2 aromatic rings. The first-order valence-corrected chi connectivity index (χ1v) is 15.9. The third-order valence-corrected chi connectivity index (χ3v) is 13.8. The lowest BCUT2D eigenvalue weighted by Gasteiger charge is -2.44. The minimum Gasteiger partial charge on any atom is -0.477 e. The van der Waals surface area contributed by atoms with Crippen LogP contribution < -0.4 is 0 Å². The van der Waals surface area contributed by atoms with Crippen LogP contribution in [0.2, 0.25) is 18.1 Å². The van der Waals surface area contributed by atoms with E-state index in [0.717, 1.165) is 20.4 Å². The number of β-lactam (4-membered cyclic amide) rings is 1. The summed E-state index contributed by atoms with van der Waals surface area (Å²) in [5, 5.41) is 21.0. The zero-order chi connectivity index (χ0) is 24.5. The molecular weight excluding hydrogens is 478 g/mol. The minimum atomic E-state index is -2.07. The summed E-state index contributed by atoms with van der Waals surface area (Å²) in [4.78, 5) is 32.6. The molecule has 1 amide bonds. The van der Waals surface area contributed by atoms with Crippen molar-refractivity contribution < 1.29 is 24.2 Å². The van der Waals surface area contributed by atoms with Gasteiger partial charge in [-0.25, -0.2) is 9.78 Å². The van der Waals surface area contributed by atoms with Crippen molar-refractivity contribution in [3.05, 3.63) is 22.6 Å². The quantitative estimate of drug-likeness (QED) is 0.330. The fourth-order valence-electron chi connectivity index (χ4n) is 4.32. The lowest BCUT2D eigenvalue weighted by Crippen LogP contribution is -2.61. The van der Waals surface area contributed by atoms with Crippen molar-refractivity contribution >= 4 is 53.7 Å². The van der Waals surface area contributed by atoms with Crippen LogP contribution in [-0.2, 0) is 20.6 Å². The molecule has 11 heteroatoms. The van der Waals surface area contributed by atoms with E-state index in [1.165, 1.54) is 28.0 Å². The van der Waals surface area contributed by atoms with Gasteiger partial charge in [0.05, 0.1) is 35.2 Å². The number of imidazole rings is 1. The van der Waals surface area contributed by atoms with Crippen LogP contribution in [0.1, 0.15) is 44.7 Å². The topological polar surface area (TPSA) is 104 Å². The van der Waals surface area contributed by atoms with Crippen LogP contribution in [0.5, 0.6) is 0 Å². The fourth-order valence-corrected chi connectivity index (χ4v) is 7.22. The molecule has 1 saturated heterocycles. The Labute approximate surface area is 202 Å². The number of carbonyl (C=O) groups excluding carboxylic acids is 1. The van der Waals surface area contributed by atoms with Crippen LogP contribution in [0.4, 0.5) is 0 Å². The molecule has 0 bridgehead atoms. The third-order valence-electron chi connectivity index (χ3n) is 7.22. The van der Waals surface area contributed by atoms with E-state index >= 15 is 0 Å². The van der Waals surface area contributed by atoms with Crippen molar-refractivity contribution in [1.29, 1.82) is 0 Å². The average Bonchev–Trinajstić information content (AvgIpc) is 3.34. The molecule has 180 valence electrons. The first-order chi connectivity index (χ1) is 15.3. The summed E-state index contributed by atoms with van der Waals surface area (Å²) in [7, 11) is -2.07. The van der Waals surface area contributed by atoms with E-state index in [1.54, 1.807) is 13.3 Å². The van der Waals surface area contributed by atoms with Crippen molar-refractivity contribution in [3.8, 4) is 0 Å². The second-order valence-corrected chi connectivity index (χ2v) is 16.8. The third kappa shape index (κ3) is 3.77. The van der Waals surface area contributed by atoms with Crippen LogP contribution in [0.3, 0.4) is 0 Å². The van der Waals surface area contributed by atoms with Crippen molar-refractivity contribution in [2.75, 3.05) is 6.26 Å². The molecule has 4 rings (SSSR count). The Morgan fingerprint density at radius 3 is 2.64 bits per heavy atom. The standard InChI is InChI=1S/C22H31N3O5S2Si/c1-11(26)15-13-8-12(16(21(28)29)25(13)19(15)27)17-14(9-30-33(6,7)22(2,3)4)24-10-23-18(31-5)20(24)32-17/h10-11,13,15,26H,8-9H2,1-7H3,(H,28,29)/t11-,13-,15-/m1/s1. The number of hydrogen-bond acceptors (Lipinski definition) is 7. The number of fused-ring (bicyclic) bond motifs is 2. The second-order valence-electron chi connectivity index (χ2n) is 10.2. The number of carbonyl (C=O) groups is 2. The summed E-state index contributed by atoms with van der Waals surface area (Å²) >= 11 is 3.03. The van der Waals surface area contributed by atoms with E-state index in [0.29, 0.717) is 18.6 Å². The Hall–Kier alpha value is -1.66. The molecule has 0 unspecified atom stereocenters. The Kier molecular flexibility index (Phi) is 6.10. The number of carboxylic acid groups (broad SMARTS) is 1. The van der Waals surface area contributed by atoms with Gasteiger partial charge in [0.25, 0.3) is 0 Å². The number of aliphatic carboxylic acids is 1. The molecule has 0 aromatic carbocycles. The number of thiazole rings is 1. The number of amides is 1. The molecule has 2 aliphatic heterocycles. The predicted octanol–water partition coefficient (Wildman–Crippen LogP) is 4.05. The normalized spacial score (nSPS) is 22.2. The highest BCUT2D eigenvalue weighted by molar-refractivity contribution is 7.98. The molecule has 2 aromatic heterocycles. The number of aliphatic hydroxyl groups is 1. The lowest BCUT2D eigenvalue weighted by molar-refractivity contribution is -0.161. The number of aromatic nitrogens is 2. The predicted molar refractivity (Wildman–Crippen MR) is 132 cm³/mol. The molecule has 0 radical (unpaired) electrons. The zero-order valence-corrected chi connectivity index (χ0v) is 22.6. The average molecular weight is 510 g/mol. The number of aliphatic hydroxyl groups excluding tert-OH is 1. The van der Waals surface area contributed by atoms with Gasteiger partial charge in [0.2, 0.25) is 5.91 Å². The first-order valence-electron chi connectivity index (χ1n) is 10.9. The Morgan fingerprint density at radius 1 is 1.42 bits per heavy atom. The minimum absolute atomic E-state index is 0.0265. The molecule has 0 aliphatic carbocycles. The molecule has 33 heavy (non-hydrogen) atoms. The number of nitrogens with zero attached hydrogens (tertiary/aromatic N) is 3. The molecule has 4 heterocycles. The van der Waals surface area contributed by atoms with Gasteiger partial charge in [-0.3, -0.25) is 9.20 Å². The van der Waals surface area contributed by atoms with Crippen molar-refractivity contribution in [3.63, 3.8) is 0 Å². The number of rotatable bonds is 7. The summed E-state index contributed by atoms with van der Waals surface area (Å²) in [5.41, 5.74) is 1.53. The van der Waals surface area contributed by atoms with Crippen molar-refractivity contribution in [1.82, 2.24) is 14.3 Å². The lowest BCUT2D eigenvalue weighted by atomic mass is 9.83. The first kappa shape index (κ1) is 24.5. The van der Waals surface area contributed by atoms with Gasteiger partial charge in [-0.2, -0.15) is 0 Å². The van der Waals surface area contributed by atoms with Gasteiger partial charge in [0.1, 0.15) is 21.9 Å². The fraction of sp³-hybridized carbons (Fsp3) is 0.591. The smallest absolute Gasteiger partial charge is 0.352 e. The van der Waals surface area contributed by atoms with E-state index in [-0.39, 0.29) is 22.7 Å². The van der Waals surface area contributed by atoms with Gasteiger partial charge >= 0.3 is 5.97 Å². The molecule has 8 nitrogen and oxygen atoms in total. The van der Waals surface area contributed by atoms with Crippen molar-refractivity contribution in [2.45, 2.75) is 76.0 Å². The van der Waals surface area contributed by atoms with Crippen LogP contribution in [0, 0.1) is 5.92 Å². The molecule has 0 saturated carbocycles. The molecule has 2 N–H and O–H groups in total. The maximum atomic E-state index is 12.7. The number of hydrogen-bond donors (Lipinski definition) is 2. The van der Waals surface area contributed by atoms with E-state index in [1.807, 2.05) is 10.7 Å². The van der Waals surface area contributed by atoms with E-state index < -0.39 is 26.3 Å². The van der Waals surface area contributed by atoms with Gasteiger partial charge in [-0.1, -0.05) is 20.8 Å². The van der Waals surface area contributed by atoms with Crippen molar-refractivity contribution in [2.24, 2.45) is 5.92 Å². The Morgan fingerprint density at radius 2 is 2.09 bits per heavy atom. The maximum absolute atomic E-state index is 12.7. The molecule has 3 atom stereocenters. The SMILES string of the molecule is CSc1ncn2c(CO[Si](C)(C)C(C)(C)C)c(C3=C(C(=O)O)N4C(=O)[C@H]([C@@H](C)O)[C@H]4C3)sc12. The highest BCUT2D eigenvalue weighted by Crippen LogP contribution is 2.50. The van der Waals surface area contributed by atoms with Gasteiger partial charge in [0, 0.05) is 5.57 Å². The second kappa shape index (κ2) is 8.23. The molecular formula is C22H31N3O5S2Si. The summed E-state index contributed by atoms with van der Waals surface area (Å²) in [5.74, 6) is -2.02. The summed E-state index contributed by atoms with van der Waals surface area (Å²) in [6.45, 7) is 12.8. The summed E-state index contributed by atoms with van der Waals surface area (Å²) in [6, 6.07) is -0.327. The van der Waals surface area contributed by atoms with Crippen LogP contribution >= 0.6 is 23.1 Å². The van der Waals surface area contributed by atoms with Gasteiger partial charge in [-0.05, 0) is 37.7 Å². The Balaban J connectivity index is 1.82. The summed E-state index contributed by atoms with van der Waals surface area (Å²) < 4.78 is 8.53. The van der Waals surface area contributed by atoms with E-state index in [2.05, 4.69) is 38.8 Å². The molecule has 2 aliphatic rings. The largest absolute Gasteiger partial charge is 0.477 e. The maximum Gasteiger partial charge on any atom is 0.352 e.